The van der Waals surface area contributed by atoms with E-state index in [0.29, 0.717) is 35.6 Å². The average molecular weight is 484 g/mol. The van der Waals surface area contributed by atoms with Gasteiger partial charge in [-0.15, -0.1) is 5.10 Å². The van der Waals surface area contributed by atoms with Crippen molar-refractivity contribution in [1.82, 2.24) is 35.1 Å². The molecule has 3 N–H and O–H groups in total. The number of tetrazole rings is 1. The average Bonchev–Trinajstić information content (AvgIpc) is 3.43. The van der Waals surface area contributed by atoms with Crippen LogP contribution in [0.15, 0.2) is 30.7 Å². The van der Waals surface area contributed by atoms with Crippen LogP contribution < -0.4 is 15.4 Å². The van der Waals surface area contributed by atoms with Crippen molar-refractivity contribution in [3.8, 4) is 11.4 Å². The predicted octanol–water partition coefficient (Wildman–Crippen LogP) is 2.38. The van der Waals surface area contributed by atoms with Gasteiger partial charge >= 0.3 is 0 Å². The minimum Gasteiger partial charge on any atom is -0.489 e. The second-order valence-corrected chi connectivity index (χ2v) is 8.91. The van der Waals surface area contributed by atoms with Crippen molar-refractivity contribution in [2.24, 2.45) is 5.92 Å². The number of hydrogen-bond donors (Lipinski definition) is 3. The maximum Gasteiger partial charge on any atom is 0.229 e. The van der Waals surface area contributed by atoms with Gasteiger partial charge in [-0.1, -0.05) is 6.42 Å². The second kappa shape index (κ2) is 10.9. The summed E-state index contributed by atoms with van der Waals surface area (Å²) >= 11 is 0. The van der Waals surface area contributed by atoms with Crippen molar-refractivity contribution in [2.45, 2.75) is 38.1 Å². The quantitative estimate of drug-likeness (QED) is 0.418. The summed E-state index contributed by atoms with van der Waals surface area (Å²) in [5.74, 6) is 0.972. The molecule has 0 amide bonds. The molecule has 35 heavy (non-hydrogen) atoms. The van der Waals surface area contributed by atoms with Crippen LogP contribution in [0.4, 0.5) is 21.8 Å². The summed E-state index contributed by atoms with van der Waals surface area (Å²) in [7, 11) is 0. The fourth-order valence-corrected chi connectivity index (χ4v) is 5.05. The highest BCUT2D eigenvalue weighted by Gasteiger charge is 2.32. The molecule has 2 saturated heterocycles. The fraction of sp³-hybridized carbons (Fsp3) is 0.522. The van der Waals surface area contributed by atoms with E-state index in [4.69, 9.17) is 9.84 Å². The first-order valence-electron chi connectivity index (χ1n) is 12.1. The van der Waals surface area contributed by atoms with Crippen molar-refractivity contribution in [3.63, 3.8) is 0 Å². The molecular weight excluding hydrogens is 453 g/mol. The number of ether oxygens (including phenoxy) is 1. The molecule has 0 bridgehead atoms. The standard InChI is InChI=1S/C23H30FN9O2/c24-18-14-26-23(29-22(18)25-13-16-4-3-9-32-8-2-1-5-19(16)32)28-17-6-7-21(35-11-10-34)20(12-17)33-15-27-30-31-33/h6-7,12,14-16,19,34H,1-5,8-11,13H2,(H2,25,26,28,29). The van der Waals surface area contributed by atoms with Crippen molar-refractivity contribution in [3.05, 3.63) is 36.5 Å². The molecule has 0 saturated carbocycles. The molecule has 0 aliphatic carbocycles. The molecule has 186 valence electrons. The Kier molecular flexibility index (Phi) is 7.28. The van der Waals surface area contributed by atoms with E-state index in [0.717, 1.165) is 6.42 Å². The molecule has 0 spiro atoms. The Hall–Kier alpha value is -3.38. The number of piperidine rings is 2. The number of nitrogens with zero attached hydrogens (tertiary/aromatic N) is 7. The van der Waals surface area contributed by atoms with E-state index in [9.17, 15) is 4.39 Å². The number of benzene rings is 1. The lowest BCUT2D eigenvalue weighted by molar-refractivity contribution is 0.0648. The van der Waals surface area contributed by atoms with Crippen molar-refractivity contribution in [2.75, 3.05) is 43.5 Å². The van der Waals surface area contributed by atoms with E-state index < -0.39 is 5.82 Å². The Morgan fingerprint density at radius 1 is 1.17 bits per heavy atom. The number of rotatable bonds is 9. The van der Waals surface area contributed by atoms with Crippen LogP contribution in [-0.2, 0) is 0 Å². The highest BCUT2D eigenvalue weighted by molar-refractivity contribution is 5.62. The predicted molar refractivity (Wildman–Crippen MR) is 127 cm³/mol. The molecule has 5 rings (SSSR count). The first-order chi connectivity index (χ1) is 17.2. The zero-order valence-electron chi connectivity index (χ0n) is 19.5. The molecule has 4 heterocycles. The number of hydrogen-bond acceptors (Lipinski definition) is 10. The lowest BCUT2D eigenvalue weighted by Crippen LogP contribution is -2.49. The lowest BCUT2D eigenvalue weighted by atomic mass is 9.83. The van der Waals surface area contributed by atoms with Crippen LogP contribution in [0, 0.1) is 11.7 Å². The Morgan fingerprint density at radius 3 is 2.94 bits per heavy atom. The zero-order valence-corrected chi connectivity index (χ0v) is 19.5. The first kappa shape index (κ1) is 23.4. The topological polar surface area (TPSA) is 126 Å². The molecule has 1 aromatic carbocycles. The maximum atomic E-state index is 14.5. The molecule has 2 aliphatic rings. The Balaban J connectivity index is 1.29. The van der Waals surface area contributed by atoms with Crippen LogP contribution in [-0.4, -0.2) is 79.1 Å². The van der Waals surface area contributed by atoms with E-state index in [1.165, 1.54) is 56.0 Å². The van der Waals surface area contributed by atoms with Crippen LogP contribution in [0.25, 0.3) is 5.69 Å². The smallest absolute Gasteiger partial charge is 0.229 e. The third-order valence-electron chi connectivity index (χ3n) is 6.66. The summed E-state index contributed by atoms with van der Waals surface area (Å²) in [5, 5.41) is 26.7. The van der Waals surface area contributed by atoms with E-state index in [-0.39, 0.29) is 25.0 Å². The van der Waals surface area contributed by atoms with Crippen LogP contribution in [0.2, 0.25) is 0 Å². The number of nitrogens with one attached hydrogen (secondary N) is 2. The minimum atomic E-state index is -0.478. The van der Waals surface area contributed by atoms with Gasteiger partial charge in [-0.3, -0.25) is 0 Å². The van der Waals surface area contributed by atoms with Crippen molar-refractivity contribution < 1.29 is 14.2 Å². The second-order valence-electron chi connectivity index (χ2n) is 8.91. The van der Waals surface area contributed by atoms with Gasteiger partial charge in [0.25, 0.3) is 0 Å². The Morgan fingerprint density at radius 2 is 2.09 bits per heavy atom. The minimum absolute atomic E-state index is 0.117. The number of anilines is 3. The molecule has 3 aromatic rings. The highest BCUT2D eigenvalue weighted by atomic mass is 19.1. The first-order valence-corrected chi connectivity index (χ1v) is 12.1. The molecule has 2 aromatic heterocycles. The molecule has 12 heteroatoms. The summed E-state index contributed by atoms with van der Waals surface area (Å²) in [5.41, 5.74) is 1.22. The van der Waals surface area contributed by atoms with Crippen LogP contribution in [0.5, 0.6) is 5.75 Å². The summed E-state index contributed by atoms with van der Waals surface area (Å²) < 4.78 is 21.6. The van der Waals surface area contributed by atoms with E-state index in [1.54, 1.807) is 18.2 Å². The third kappa shape index (κ3) is 5.49. The van der Waals surface area contributed by atoms with Gasteiger partial charge in [0, 0.05) is 18.3 Å². The number of aromatic nitrogens is 6. The number of aliphatic hydroxyl groups excluding tert-OH is 1. The summed E-state index contributed by atoms with van der Waals surface area (Å²) in [6.45, 7) is 3.06. The highest BCUT2D eigenvalue weighted by Crippen LogP contribution is 2.31. The molecule has 0 radical (unpaired) electrons. The van der Waals surface area contributed by atoms with Crippen LogP contribution in [0.3, 0.4) is 0 Å². The number of halogens is 1. The van der Waals surface area contributed by atoms with Crippen LogP contribution >= 0.6 is 0 Å². The van der Waals surface area contributed by atoms with Gasteiger partial charge in [0.2, 0.25) is 5.95 Å². The van der Waals surface area contributed by atoms with Gasteiger partial charge in [-0.05, 0) is 73.3 Å². The normalized spacial score (nSPS) is 20.3. The zero-order chi connectivity index (χ0) is 24.0. The van der Waals surface area contributed by atoms with E-state index >= 15 is 0 Å². The van der Waals surface area contributed by atoms with Gasteiger partial charge in [0.15, 0.2) is 11.6 Å². The molecule has 2 aliphatic heterocycles. The molecule has 11 nitrogen and oxygen atoms in total. The van der Waals surface area contributed by atoms with Crippen molar-refractivity contribution >= 4 is 17.5 Å². The number of aliphatic hydroxyl groups is 1. The maximum absolute atomic E-state index is 14.5. The van der Waals surface area contributed by atoms with E-state index in [2.05, 4.69) is 41.0 Å². The Labute approximate surface area is 202 Å². The molecule has 2 fully saturated rings. The lowest BCUT2D eigenvalue weighted by Gasteiger charge is -2.44. The van der Waals surface area contributed by atoms with Gasteiger partial charge < -0.3 is 25.4 Å². The Bertz CT molecular complexity index is 1110. The van der Waals surface area contributed by atoms with Crippen LogP contribution in [0.1, 0.15) is 32.1 Å². The number of fused-ring (bicyclic) bond motifs is 1. The largest absolute Gasteiger partial charge is 0.489 e. The molecular formula is C23H30FN9O2. The SMILES string of the molecule is OCCOc1ccc(Nc2ncc(F)c(NCC3CCCN4CCCCC34)n2)cc1-n1cnnn1. The summed E-state index contributed by atoms with van der Waals surface area (Å²) in [6, 6.07) is 5.85. The molecule has 2 atom stereocenters. The fourth-order valence-electron chi connectivity index (χ4n) is 5.05. The summed E-state index contributed by atoms with van der Waals surface area (Å²) in [6.07, 6.45) is 8.71. The van der Waals surface area contributed by atoms with Gasteiger partial charge in [-0.2, -0.15) is 9.67 Å². The van der Waals surface area contributed by atoms with Gasteiger partial charge in [0.1, 0.15) is 24.4 Å². The molecule has 2 unspecified atom stereocenters. The van der Waals surface area contributed by atoms with Gasteiger partial charge in [0.05, 0.1) is 12.8 Å². The monoisotopic (exact) mass is 483 g/mol. The third-order valence-corrected chi connectivity index (χ3v) is 6.66. The van der Waals surface area contributed by atoms with Crippen molar-refractivity contribution in [1.29, 1.82) is 0 Å². The van der Waals surface area contributed by atoms with E-state index in [1.807, 2.05) is 0 Å². The summed E-state index contributed by atoms with van der Waals surface area (Å²) in [4.78, 5) is 11.1. The van der Waals surface area contributed by atoms with Gasteiger partial charge in [-0.25, -0.2) is 9.37 Å².